The highest BCUT2D eigenvalue weighted by atomic mass is 35.5. The maximum Gasteiger partial charge on any atom is 0.333 e. The van der Waals surface area contributed by atoms with E-state index in [0.29, 0.717) is 75.7 Å². The fourth-order valence-corrected chi connectivity index (χ4v) is 6.20. The van der Waals surface area contributed by atoms with E-state index >= 15 is 0 Å². The summed E-state index contributed by atoms with van der Waals surface area (Å²) in [5, 5.41) is 3.25. The van der Waals surface area contributed by atoms with Crippen LogP contribution in [0.3, 0.4) is 0 Å². The lowest BCUT2D eigenvalue weighted by Crippen LogP contribution is -2.37. The third-order valence-corrected chi connectivity index (χ3v) is 8.65. The Morgan fingerprint density at radius 1 is 0.729 bits per heavy atom. The molecule has 1 aliphatic carbocycles. The number of rotatable bonds is 22. The number of hydrogen-bond acceptors (Lipinski definition) is 8. The number of amides is 1. The second-order valence-corrected chi connectivity index (χ2v) is 12.2. The number of carbonyl (C=O) groups excluding carboxylic acids is 2. The number of esters is 1. The van der Waals surface area contributed by atoms with E-state index in [1.807, 2.05) is 60.7 Å². The molecule has 10 heteroatoms. The largest absolute Gasteiger partial charge is 0.442 e. The summed E-state index contributed by atoms with van der Waals surface area (Å²) in [5.41, 5.74) is 7.53. The van der Waals surface area contributed by atoms with Crippen molar-refractivity contribution in [2.75, 3.05) is 65.9 Å². The van der Waals surface area contributed by atoms with E-state index in [4.69, 9.17) is 41.0 Å². The second-order valence-electron chi connectivity index (χ2n) is 11.8. The quantitative estimate of drug-likeness (QED) is 0.0782. The number of nitrogens with two attached hydrogens (primary N) is 1. The Balaban J connectivity index is 1.29. The summed E-state index contributed by atoms with van der Waals surface area (Å²) >= 11 is 6.80. The van der Waals surface area contributed by atoms with Crippen LogP contribution in [0.15, 0.2) is 78.9 Å². The molecule has 0 spiro atoms. The summed E-state index contributed by atoms with van der Waals surface area (Å²) in [6, 6.07) is 25.3. The summed E-state index contributed by atoms with van der Waals surface area (Å²) in [6.45, 7) is 3.46. The van der Waals surface area contributed by atoms with Gasteiger partial charge in [-0.15, -0.1) is 0 Å². The molecular weight excluding hydrogens is 632 g/mol. The maximum atomic E-state index is 13.5. The Kier molecular flexibility index (Phi) is 16.3. The zero-order chi connectivity index (χ0) is 33.9. The fourth-order valence-electron chi connectivity index (χ4n) is 5.93. The number of ether oxygens (including phenoxy) is 5. The molecule has 0 heterocycles. The zero-order valence-corrected chi connectivity index (χ0v) is 28.5. The lowest BCUT2D eigenvalue weighted by Gasteiger charge is -2.36. The molecule has 9 nitrogen and oxygen atoms in total. The van der Waals surface area contributed by atoms with E-state index in [1.165, 1.54) is 31.2 Å². The van der Waals surface area contributed by atoms with Crippen LogP contribution in [0.25, 0.3) is 0 Å². The fraction of sp³-hybridized carbons (Fsp3) is 0.474. The number of benzene rings is 3. The highest BCUT2D eigenvalue weighted by molar-refractivity contribution is 6.31. The van der Waals surface area contributed by atoms with Gasteiger partial charge in [0.1, 0.15) is 13.2 Å². The van der Waals surface area contributed by atoms with E-state index in [-0.39, 0.29) is 12.5 Å². The van der Waals surface area contributed by atoms with Gasteiger partial charge in [0.15, 0.2) is 5.60 Å². The molecule has 1 unspecified atom stereocenters. The van der Waals surface area contributed by atoms with Crippen molar-refractivity contribution in [2.24, 2.45) is 5.73 Å². The summed E-state index contributed by atoms with van der Waals surface area (Å²) < 4.78 is 28.2. The number of carbonyl (C=O) groups is 2. The highest BCUT2D eigenvalue weighted by Gasteiger charge is 2.42. The number of halogens is 1. The van der Waals surface area contributed by atoms with E-state index < -0.39 is 18.2 Å². The standard InChI is InChI=1S/C38H49ClN2O7/c39-35-15-7-6-14-34(35)38(32-12-2-1-3-13-32,33-18-16-31(17-19-33)30-10-4-5-11-30)48-37(43)29-47-28-36(42)41-21-9-23-45-25-27-46-26-24-44-22-8-20-40/h1-3,6-7,12-19,30H,4-5,8-11,20-29,40H2,(H,41,42). The third-order valence-electron chi connectivity index (χ3n) is 8.32. The molecule has 0 radical (unpaired) electrons. The van der Waals surface area contributed by atoms with Crippen LogP contribution in [0, 0.1) is 0 Å². The van der Waals surface area contributed by atoms with Crippen LogP contribution < -0.4 is 11.1 Å². The van der Waals surface area contributed by atoms with Crippen molar-refractivity contribution in [1.29, 1.82) is 0 Å². The zero-order valence-electron chi connectivity index (χ0n) is 27.7. The van der Waals surface area contributed by atoms with E-state index in [0.717, 1.165) is 17.5 Å². The van der Waals surface area contributed by atoms with Crippen LogP contribution in [0.4, 0.5) is 0 Å². The molecule has 3 aromatic rings. The van der Waals surface area contributed by atoms with Crippen molar-refractivity contribution in [3.63, 3.8) is 0 Å². The Hall–Kier alpha value is -3.31. The van der Waals surface area contributed by atoms with Gasteiger partial charge in [-0.25, -0.2) is 4.79 Å². The molecule has 3 aromatic carbocycles. The first-order valence-corrected chi connectivity index (χ1v) is 17.3. The molecule has 1 saturated carbocycles. The summed E-state index contributed by atoms with van der Waals surface area (Å²) in [7, 11) is 0. The van der Waals surface area contributed by atoms with Gasteiger partial charge in [0.25, 0.3) is 0 Å². The normalized spacial score (nSPS) is 14.5. The molecule has 1 atom stereocenters. The lowest BCUT2D eigenvalue weighted by atomic mass is 9.79. The van der Waals surface area contributed by atoms with Crippen LogP contribution in [0.5, 0.6) is 0 Å². The molecule has 1 aliphatic rings. The van der Waals surface area contributed by atoms with Crippen molar-refractivity contribution in [2.45, 2.75) is 50.0 Å². The molecule has 0 aliphatic heterocycles. The minimum absolute atomic E-state index is 0.280. The predicted octanol–water partition coefficient (Wildman–Crippen LogP) is 5.75. The minimum Gasteiger partial charge on any atom is -0.442 e. The Morgan fingerprint density at radius 3 is 2.00 bits per heavy atom. The second kappa shape index (κ2) is 20.9. The first-order chi connectivity index (χ1) is 23.5. The van der Waals surface area contributed by atoms with Gasteiger partial charge >= 0.3 is 5.97 Å². The molecule has 3 N–H and O–H groups in total. The smallest absolute Gasteiger partial charge is 0.333 e. The van der Waals surface area contributed by atoms with Crippen LogP contribution in [-0.4, -0.2) is 77.8 Å². The van der Waals surface area contributed by atoms with Crippen LogP contribution >= 0.6 is 11.6 Å². The van der Waals surface area contributed by atoms with Gasteiger partial charge in [-0.3, -0.25) is 4.79 Å². The summed E-state index contributed by atoms with van der Waals surface area (Å²) in [4.78, 5) is 25.8. The SMILES string of the molecule is NCCCOCCOCCOCCCNC(=O)COCC(=O)OC(c1ccccc1)(c1ccc(C2CCCC2)cc1)c1ccccc1Cl. The van der Waals surface area contributed by atoms with E-state index in [2.05, 4.69) is 17.4 Å². The average Bonchev–Trinajstić information content (AvgIpc) is 3.66. The van der Waals surface area contributed by atoms with Gasteiger partial charge in [0.05, 0.1) is 26.4 Å². The van der Waals surface area contributed by atoms with Gasteiger partial charge in [0, 0.05) is 41.5 Å². The molecule has 1 amide bonds. The Morgan fingerprint density at radius 2 is 1.33 bits per heavy atom. The van der Waals surface area contributed by atoms with Crippen molar-refractivity contribution in [3.05, 3.63) is 106 Å². The molecular formula is C38H49ClN2O7. The van der Waals surface area contributed by atoms with E-state index in [1.54, 1.807) is 6.07 Å². The van der Waals surface area contributed by atoms with Crippen LogP contribution in [0.2, 0.25) is 5.02 Å². The van der Waals surface area contributed by atoms with Gasteiger partial charge in [-0.2, -0.15) is 0 Å². The Bertz CT molecular complexity index is 1370. The minimum atomic E-state index is -1.33. The van der Waals surface area contributed by atoms with Crippen LogP contribution in [-0.2, 0) is 38.9 Å². The molecule has 0 bridgehead atoms. The van der Waals surface area contributed by atoms with Gasteiger partial charge < -0.3 is 34.7 Å². The van der Waals surface area contributed by atoms with Crippen molar-refractivity contribution in [3.8, 4) is 0 Å². The van der Waals surface area contributed by atoms with Crippen molar-refractivity contribution >= 4 is 23.5 Å². The van der Waals surface area contributed by atoms with Gasteiger partial charge in [-0.05, 0) is 49.8 Å². The molecule has 4 rings (SSSR count). The molecule has 0 aromatic heterocycles. The first-order valence-electron chi connectivity index (χ1n) is 16.9. The highest BCUT2D eigenvalue weighted by Crippen LogP contribution is 2.44. The predicted molar refractivity (Wildman–Crippen MR) is 186 cm³/mol. The van der Waals surface area contributed by atoms with Gasteiger partial charge in [-0.1, -0.05) is 97.2 Å². The third kappa shape index (κ3) is 11.4. The molecule has 1 fully saturated rings. The van der Waals surface area contributed by atoms with Gasteiger partial charge in [0.2, 0.25) is 5.91 Å². The Labute approximate surface area is 289 Å². The number of nitrogens with one attached hydrogen (secondary N) is 1. The average molecular weight is 681 g/mol. The molecule has 0 saturated heterocycles. The van der Waals surface area contributed by atoms with E-state index in [9.17, 15) is 9.59 Å². The summed E-state index contributed by atoms with van der Waals surface area (Å²) in [5.74, 6) is -0.407. The van der Waals surface area contributed by atoms with Crippen molar-refractivity contribution < 1.29 is 33.3 Å². The topological polar surface area (TPSA) is 118 Å². The lowest BCUT2D eigenvalue weighted by molar-refractivity contribution is -0.159. The monoisotopic (exact) mass is 680 g/mol. The number of hydrogen-bond donors (Lipinski definition) is 2. The summed E-state index contributed by atoms with van der Waals surface area (Å²) in [6.07, 6.45) is 6.33. The van der Waals surface area contributed by atoms with Crippen molar-refractivity contribution in [1.82, 2.24) is 5.32 Å². The molecule has 260 valence electrons. The first kappa shape index (κ1) is 37.5. The van der Waals surface area contributed by atoms with Crippen LogP contribution in [0.1, 0.15) is 66.7 Å². The molecule has 48 heavy (non-hydrogen) atoms. The maximum absolute atomic E-state index is 13.5.